The molecule has 1 fully saturated rings. The van der Waals surface area contributed by atoms with E-state index in [0.29, 0.717) is 47.5 Å². The first kappa shape index (κ1) is 23.6. The van der Waals surface area contributed by atoms with Crippen LogP contribution in [0.25, 0.3) is 0 Å². The minimum atomic E-state index is -4.42. The van der Waals surface area contributed by atoms with Gasteiger partial charge in [-0.2, -0.15) is 13.2 Å². The predicted octanol–water partition coefficient (Wildman–Crippen LogP) is 4.14. The van der Waals surface area contributed by atoms with Crippen LogP contribution in [0.5, 0.6) is 0 Å². The number of rotatable bonds is 4. The molecule has 2 N–H and O–H groups in total. The van der Waals surface area contributed by atoms with Crippen LogP contribution in [0.4, 0.5) is 13.2 Å². The van der Waals surface area contributed by atoms with Crippen molar-refractivity contribution in [1.29, 1.82) is 0 Å². The van der Waals surface area contributed by atoms with E-state index < -0.39 is 34.7 Å². The second-order valence-electron chi connectivity index (χ2n) is 8.93. The summed E-state index contributed by atoms with van der Waals surface area (Å²) in [5.41, 5.74) is 0.108. The van der Waals surface area contributed by atoms with E-state index in [1.165, 1.54) is 17.0 Å². The molecule has 3 aromatic rings. The molecule has 1 amide bonds. The maximum absolute atomic E-state index is 13.0. The van der Waals surface area contributed by atoms with Gasteiger partial charge in [0.25, 0.3) is 11.5 Å². The fourth-order valence-electron chi connectivity index (χ4n) is 4.61. The predicted molar refractivity (Wildman–Crippen MR) is 122 cm³/mol. The van der Waals surface area contributed by atoms with Gasteiger partial charge in [-0.05, 0) is 36.6 Å². The van der Waals surface area contributed by atoms with Crippen LogP contribution in [-0.4, -0.2) is 32.4 Å². The van der Waals surface area contributed by atoms with Gasteiger partial charge in [-0.1, -0.05) is 41.9 Å². The minimum Gasteiger partial charge on any atom is -0.378 e. The molecule has 10 heteroatoms. The number of H-pyrrole nitrogens is 1. The number of hydrogen-bond acceptors (Lipinski definition) is 4. The van der Waals surface area contributed by atoms with Crippen LogP contribution in [-0.2, 0) is 29.4 Å². The number of carbonyl (C=O) groups excluding carboxylic acids is 1. The Morgan fingerprint density at radius 2 is 1.83 bits per heavy atom. The number of aromatic nitrogens is 2. The van der Waals surface area contributed by atoms with Crippen LogP contribution in [0.2, 0.25) is 5.02 Å². The van der Waals surface area contributed by atoms with Gasteiger partial charge in [-0.3, -0.25) is 9.59 Å². The quantitative estimate of drug-likeness (QED) is 0.560. The largest absolute Gasteiger partial charge is 0.416 e. The minimum absolute atomic E-state index is 0.00836. The third kappa shape index (κ3) is 4.23. The Labute approximate surface area is 203 Å². The number of nitrogens with one attached hydrogen (secondary N) is 1. The summed E-state index contributed by atoms with van der Waals surface area (Å²) in [6, 6.07) is 11.5. The molecule has 2 aromatic carbocycles. The Hall–Kier alpha value is -3.17. The van der Waals surface area contributed by atoms with E-state index in [0.717, 1.165) is 12.1 Å². The van der Waals surface area contributed by atoms with Gasteiger partial charge in [0.15, 0.2) is 6.10 Å². The van der Waals surface area contributed by atoms with Crippen molar-refractivity contribution < 1.29 is 23.1 Å². The van der Waals surface area contributed by atoms with Crippen LogP contribution < -0.4 is 5.56 Å². The molecule has 35 heavy (non-hydrogen) atoms. The number of carbonyl (C=O) groups is 1. The van der Waals surface area contributed by atoms with E-state index in [2.05, 4.69) is 9.97 Å². The lowest BCUT2D eigenvalue weighted by atomic mass is 9.93. The van der Waals surface area contributed by atoms with E-state index >= 15 is 0 Å². The van der Waals surface area contributed by atoms with Crippen molar-refractivity contribution in [2.24, 2.45) is 0 Å². The summed E-state index contributed by atoms with van der Waals surface area (Å²) in [6.07, 6.45) is -4.23. The van der Waals surface area contributed by atoms with Crippen molar-refractivity contribution in [2.45, 2.75) is 43.5 Å². The van der Waals surface area contributed by atoms with Crippen molar-refractivity contribution in [1.82, 2.24) is 14.9 Å². The van der Waals surface area contributed by atoms with Crippen LogP contribution in [0.3, 0.4) is 0 Å². The van der Waals surface area contributed by atoms with Gasteiger partial charge in [0.05, 0.1) is 28.8 Å². The van der Waals surface area contributed by atoms with Crippen molar-refractivity contribution in [3.05, 3.63) is 97.7 Å². The number of fused-ring (bicyclic) bond motifs is 1. The summed E-state index contributed by atoms with van der Waals surface area (Å²) in [5.74, 6) is -0.132. The lowest BCUT2D eigenvalue weighted by Gasteiger charge is -2.30. The Morgan fingerprint density at radius 1 is 1.14 bits per heavy atom. The molecule has 2 heterocycles. The average Bonchev–Trinajstić information content (AvgIpc) is 3.65. The summed E-state index contributed by atoms with van der Waals surface area (Å²) in [4.78, 5) is 34.7. The molecule has 1 atom stereocenters. The molecule has 0 spiro atoms. The summed E-state index contributed by atoms with van der Waals surface area (Å²) >= 11 is 6.10. The molecule has 1 saturated carbocycles. The first-order valence-electron chi connectivity index (χ1n) is 11.1. The summed E-state index contributed by atoms with van der Waals surface area (Å²) in [7, 11) is 0. The molecule has 6 nitrogen and oxygen atoms in total. The zero-order valence-electron chi connectivity index (χ0n) is 18.4. The number of amides is 1. The van der Waals surface area contributed by atoms with Gasteiger partial charge in [-0.15, -0.1) is 0 Å². The highest BCUT2D eigenvalue weighted by Gasteiger charge is 2.49. The number of hydrogen-bond donors (Lipinski definition) is 2. The molecule has 1 aliphatic carbocycles. The number of nitrogens with zero attached hydrogens (tertiary/aromatic N) is 2. The van der Waals surface area contributed by atoms with Crippen LogP contribution in [0.15, 0.2) is 53.3 Å². The Morgan fingerprint density at radius 3 is 2.46 bits per heavy atom. The van der Waals surface area contributed by atoms with E-state index in [4.69, 9.17) is 11.6 Å². The molecule has 182 valence electrons. The third-order valence-corrected chi connectivity index (χ3v) is 7.13. The monoisotopic (exact) mass is 503 g/mol. The Balaban J connectivity index is 1.39. The number of aromatic amines is 1. The summed E-state index contributed by atoms with van der Waals surface area (Å²) in [6.45, 7) is 0.252. The third-order valence-electron chi connectivity index (χ3n) is 6.78. The van der Waals surface area contributed by atoms with E-state index in [9.17, 15) is 27.9 Å². The zero-order chi connectivity index (χ0) is 25.0. The molecule has 0 saturated heterocycles. The smallest absolute Gasteiger partial charge is 0.378 e. The van der Waals surface area contributed by atoms with Gasteiger partial charge in [-0.25, -0.2) is 4.98 Å². The molecule has 0 unspecified atom stereocenters. The van der Waals surface area contributed by atoms with Gasteiger partial charge in [0.2, 0.25) is 0 Å². The summed E-state index contributed by atoms with van der Waals surface area (Å²) in [5, 5.41) is 10.8. The normalized spacial score (nSPS) is 17.6. The average molecular weight is 504 g/mol. The van der Waals surface area contributed by atoms with E-state index in [1.54, 1.807) is 24.3 Å². The fraction of sp³-hybridized carbons (Fsp3) is 0.320. The van der Waals surface area contributed by atoms with E-state index in [1.807, 2.05) is 0 Å². The SMILES string of the molecule is O=C([C@H](O)c1ccccc1Cl)N1CCc2nc(C3(c4ccc(C(F)(F)F)cc4)CC3)[nH]c(=O)c2C1. The number of halogens is 4. The zero-order valence-corrected chi connectivity index (χ0v) is 19.2. The molecule has 0 radical (unpaired) electrons. The lowest BCUT2D eigenvalue weighted by molar-refractivity contribution is -0.141. The maximum Gasteiger partial charge on any atom is 0.416 e. The van der Waals surface area contributed by atoms with E-state index in [-0.39, 0.29) is 18.1 Å². The van der Waals surface area contributed by atoms with Crippen molar-refractivity contribution >= 4 is 17.5 Å². The van der Waals surface area contributed by atoms with Gasteiger partial charge in [0.1, 0.15) is 5.82 Å². The highest BCUT2D eigenvalue weighted by molar-refractivity contribution is 6.31. The van der Waals surface area contributed by atoms with Crippen molar-refractivity contribution in [2.75, 3.05) is 6.54 Å². The summed E-state index contributed by atoms with van der Waals surface area (Å²) < 4.78 is 38.8. The van der Waals surface area contributed by atoms with Crippen LogP contribution >= 0.6 is 11.6 Å². The Kier molecular flexibility index (Phi) is 5.72. The number of alkyl halides is 3. The topological polar surface area (TPSA) is 86.3 Å². The van der Waals surface area contributed by atoms with Gasteiger partial charge in [0, 0.05) is 23.6 Å². The maximum atomic E-state index is 13.0. The van der Waals surface area contributed by atoms with Crippen molar-refractivity contribution in [3.63, 3.8) is 0 Å². The highest BCUT2D eigenvalue weighted by Crippen LogP contribution is 2.52. The fourth-order valence-corrected chi connectivity index (χ4v) is 4.85. The molecule has 2 aliphatic rings. The second-order valence-corrected chi connectivity index (χ2v) is 9.34. The van der Waals surface area contributed by atoms with Crippen LogP contribution in [0, 0.1) is 0 Å². The molecular weight excluding hydrogens is 483 g/mol. The van der Waals surface area contributed by atoms with Gasteiger partial charge >= 0.3 is 6.18 Å². The van der Waals surface area contributed by atoms with Gasteiger partial charge < -0.3 is 15.0 Å². The molecule has 1 aromatic heterocycles. The number of aliphatic hydroxyl groups is 1. The first-order chi connectivity index (χ1) is 16.6. The standard InChI is InChI=1S/C25H21ClF3N3O3/c26-18-4-2-1-3-16(18)20(33)22(35)32-12-9-19-17(13-32)21(34)31-23(30-19)24(10-11-24)14-5-7-15(8-6-14)25(27,28)29/h1-8,20,33H,9-13H2,(H,30,31,34)/t20-/m1/s1. The number of aliphatic hydroxyl groups excluding tert-OH is 1. The van der Waals surface area contributed by atoms with Crippen molar-refractivity contribution in [3.8, 4) is 0 Å². The molecule has 1 aliphatic heterocycles. The molecule has 5 rings (SSSR count). The first-order valence-corrected chi connectivity index (χ1v) is 11.5. The highest BCUT2D eigenvalue weighted by atomic mass is 35.5. The van der Waals surface area contributed by atoms with Crippen LogP contribution in [0.1, 0.15) is 52.7 Å². The Bertz CT molecular complexity index is 1350. The lowest BCUT2D eigenvalue weighted by Crippen LogP contribution is -2.42. The second kappa shape index (κ2) is 8.49. The molecular formula is C25H21ClF3N3O3. The number of benzene rings is 2. The molecule has 0 bridgehead atoms.